The topological polar surface area (TPSA) is 189 Å². The predicted molar refractivity (Wildman–Crippen MR) is 106 cm³/mol. The molecule has 0 saturated carbocycles. The number of hydrogen-bond donors (Lipinski definition) is 2. The maximum absolute atomic E-state index is 10.9. The summed E-state index contributed by atoms with van der Waals surface area (Å²) in [5.74, 6) is -1.55. The van der Waals surface area contributed by atoms with Crippen LogP contribution in [0.5, 0.6) is 0 Å². The van der Waals surface area contributed by atoms with E-state index in [0.29, 0.717) is 11.3 Å². The predicted octanol–water partition coefficient (Wildman–Crippen LogP) is -1.13. The van der Waals surface area contributed by atoms with Gasteiger partial charge >= 0.3 is 30.8 Å². The summed E-state index contributed by atoms with van der Waals surface area (Å²) in [7, 11) is 1.28. The van der Waals surface area contributed by atoms with Crippen molar-refractivity contribution in [1.29, 1.82) is 0 Å². The van der Waals surface area contributed by atoms with Gasteiger partial charge in [-0.2, -0.15) is 0 Å². The van der Waals surface area contributed by atoms with Crippen LogP contribution in [0.25, 0.3) is 9.69 Å². The van der Waals surface area contributed by atoms with Gasteiger partial charge in [0.15, 0.2) is 6.29 Å². The zero-order chi connectivity index (χ0) is 21.6. The van der Waals surface area contributed by atoms with Crippen LogP contribution in [-0.2, 0) is 9.47 Å². The van der Waals surface area contributed by atoms with E-state index in [1.54, 1.807) is 0 Å². The minimum absolute atomic E-state index is 0. The number of carbonyl (C=O) groups is 2. The maximum Gasteiger partial charge on any atom is 1.00 e. The summed E-state index contributed by atoms with van der Waals surface area (Å²) in [5, 5.41) is 17.0. The monoisotopic (exact) mass is 440 g/mol. The fourth-order valence-electron chi connectivity index (χ4n) is 1.88. The number of aliphatic hydroxyl groups excluding tert-OH is 1. The molecule has 1 saturated heterocycles. The van der Waals surface area contributed by atoms with Crippen LogP contribution in [0.2, 0.25) is 0 Å². The molecule has 0 bridgehead atoms. The second kappa shape index (κ2) is 18.4. The molecule has 5 N–H and O–H groups in total. The molecule has 2 aromatic heterocycles. The molecule has 1 aliphatic rings. The van der Waals surface area contributed by atoms with Crippen LogP contribution in [0.3, 0.4) is 0 Å². The van der Waals surface area contributed by atoms with Gasteiger partial charge in [0.2, 0.25) is 11.4 Å². The Bertz CT molecular complexity index is 924. The van der Waals surface area contributed by atoms with Crippen molar-refractivity contribution < 1.29 is 59.1 Å². The zero-order valence-corrected chi connectivity index (χ0v) is 17.4. The number of aliphatic hydroxyl groups is 1. The normalized spacial score (nSPS) is 12.7. The molecule has 2 aromatic rings. The molecule has 0 amide bonds. The Morgan fingerprint density at radius 3 is 1.94 bits per heavy atom. The number of hydrogen-bond acceptors (Lipinski definition) is 8. The van der Waals surface area contributed by atoms with E-state index in [2.05, 4.69) is 24.4 Å². The summed E-state index contributed by atoms with van der Waals surface area (Å²) in [5.41, 5.74) is 0.910. The van der Waals surface area contributed by atoms with Crippen molar-refractivity contribution in [3.05, 3.63) is 70.9 Å². The number of rotatable bonds is 2. The molecule has 0 aliphatic carbocycles. The third kappa shape index (κ3) is 12.4. The third-order valence-corrected chi connectivity index (χ3v) is 3.28. The number of methoxy groups -OCH3 is 1. The molecule has 1 unspecified atom stereocenters. The van der Waals surface area contributed by atoms with Gasteiger partial charge in [-0.3, -0.25) is 9.97 Å². The Labute approximate surface area is 196 Å². The van der Waals surface area contributed by atoms with Crippen LogP contribution in [0, 0.1) is 13.1 Å². The first-order chi connectivity index (χ1) is 13.9. The minimum atomic E-state index is -1.07. The Morgan fingerprint density at radius 2 is 1.59 bits per heavy atom. The van der Waals surface area contributed by atoms with E-state index in [0.717, 1.165) is 19.4 Å². The Morgan fingerprint density at radius 1 is 1.09 bits per heavy atom. The van der Waals surface area contributed by atoms with Crippen molar-refractivity contribution in [2.45, 2.75) is 19.1 Å². The van der Waals surface area contributed by atoms with E-state index in [9.17, 15) is 9.59 Å². The fraction of sp³-hybridized carbons (Fsp3) is 0.263. The SMILES string of the molecule is O.OC1CCCO1.[C-]#[N+]c1cncc(C(=O)O)c1.[C-]#[N+]c1cncc(C(=O)OC)c1.[Li+].[OH-]. The standard InChI is InChI=1S/C8H6N2O2.C7H4N2O2.C4H8O2.Li.2H2O/c1-9-7-3-6(4-10-5-7)8(11)12-2;1-8-6-2-5(7(10)11)3-9-4-6;5-4-2-1-3-6-4;;;/h3-5H,2H3;2-4H,(H,10,11);4-5H,1-3H2;;2*1H2/q;;;+1;;/p-1. The van der Waals surface area contributed by atoms with Crippen LogP contribution in [0.15, 0.2) is 36.9 Å². The minimum Gasteiger partial charge on any atom is -0.870 e. The number of aromatic carboxylic acids is 1. The van der Waals surface area contributed by atoms with Crippen LogP contribution in [0.1, 0.15) is 33.6 Å². The van der Waals surface area contributed by atoms with Crippen molar-refractivity contribution in [3.8, 4) is 0 Å². The molecule has 0 spiro atoms. The quantitative estimate of drug-likeness (QED) is 0.330. The molecular formula is C19H21LiN4O8. The molecule has 166 valence electrons. The van der Waals surface area contributed by atoms with Gasteiger partial charge in [0.05, 0.1) is 31.4 Å². The van der Waals surface area contributed by atoms with Crippen LogP contribution in [-0.4, -0.2) is 63.1 Å². The Balaban J connectivity index is -0.000000393. The molecule has 13 heteroatoms. The van der Waals surface area contributed by atoms with Crippen molar-refractivity contribution in [2.75, 3.05) is 13.7 Å². The summed E-state index contributed by atoms with van der Waals surface area (Å²) in [6.45, 7) is 14.0. The van der Waals surface area contributed by atoms with Crippen molar-refractivity contribution in [3.63, 3.8) is 0 Å². The van der Waals surface area contributed by atoms with Crippen molar-refractivity contribution >= 4 is 23.3 Å². The van der Waals surface area contributed by atoms with Crippen LogP contribution in [0.4, 0.5) is 11.4 Å². The average molecular weight is 440 g/mol. The maximum atomic E-state index is 10.9. The second-order valence-corrected chi connectivity index (χ2v) is 5.35. The summed E-state index contributed by atoms with van der Waals surface area (Å²) < 4.78 is 9.16. The van der Waals surface area contributed by atoms with Gasteiger partial charge in [-0.1, -0.05) is 0 Å². The summed E-state index contributed by atoms with van der Waals surface area (Å²) in [4.78, 5) is 34.7. The molecule has 0 radical (unpaired) electrons. The van der Waals surface area contributed by atoms with Crippen LogP contribution < -0.4 is 18.9 Å². The number of esters is 1. The van der Waals surface area contributed by atoms with Gasteiger partial charge in [0, 0.05) is 37.8 Å². The number of carboxylic acid groups (broad SMARTS) is 1. The first kappa shape index (κ1) is 33.3. The molecule has 1 atom stereocenters. The number of ether oxygens (including phenoxy) is 2. The molecule has 3 heterocycles. The molecule has 0 aromatic carbocycles. The molecule has 32 heavy (non-hydrogen) atoms. The largest absolute Gasteiger partial charge is 1.00 e. The molecule has 1 fully saturated rings. The zero-order valence-electron chi connectivity index (χ0n) is 17.4. The van der Waals surface area contributed by atoms with Crippen molar-refractivity contribution in [1.82, 2.24) is 9.97 Å². The summed E-state index contributed by atoms with van der Waals surface area (Å²) in [6.07, 6.45) is 6.65. The number of pyridine rings is 2. The van der Waals surface area contributed by atoms with Crippen molar-refractivity contribution in [2.24, 2.45) is 0 Å². The summed E-state index contributed by atoms with van der Waals surface area (Å²) >= 11 is 0. The molecule has 1 aliphatic heterocycles. The van der Waals surface area contributed by atoms with E-state index >= 15 is 0 Å². The number of aromatic nitrogens is 2. The van der Waals surface area contributed by atoms with Gasteiger partial charge in [-0.15, -0.1) is 0 Å². The Kier molecular flexibility index (Phi) is 19.2. The van der Waals surface area contributed by atoms with E-state index in [1.165, 1.54) is 44.0 Å². The smallest absolute Gasteiger partial charge is 0.870 e. The van der Waals surface area contributed by atoms with E-state index < -0.39 is 18.2 Å². The number of nitrogens with zero attached hydrogens (tertiary/aromatic N) is 4. The van der Waals surface area contributed by atoms with Gasteiger partial charge in [-0.25, -0.2) is 19.3 Å². The number of carbonyl (C=O) groups excluding carboxylic acids is 1. The average Bonchev–Trinajstić information content (AvgIpc) is 3.25. The van der Waals surface area contributed by atoms with Crippen LogP contribution >= 0.6 is 0 Å². The fourth-order valence-corrected chi connectivity index (χ4v) is 1.88. The first-order valence-corrected chi connectivity index (χ1v) is 8.17. The molecule has 3 rings (SSSR count). The summed E-state index contributed by atoms with van der Waals surface area (Å²) in [6, 6.07) is 2.72. The molecular weight excluding hydrogens is 419 g/mol. The van der Waals surface area contributed by atoms with E-state index in [4.69, 9.17) is 28.1 Å². The van der Waals surface area contributed by atoms with Gasteiger partial charge in [0.1, 0.15) is 0 Å². The Hall–Kier alpha value is -3.34. The van der Waals surface area contributed by atoms with Gasteiger partial charge < -0.3 is 30.6 Å². The second-order valence-electron chi connectivity index (χ2n) is 5.35. The number of carboxylic acids is 1. The van der Waals surface area contributed by atoms with E-state index in [1.807, 2.05) is 0 Å². The first-order valence-electron chi connectivity index (χ1n) is 8.17. The van der Waals surface area contributed by atoms with E-state index in [-0.39, 0.29) is 41.1 Å². The van der Waals surface area contributed by atoms with Gasteiger partial charge in [-0.05, 0) is 18.6 Å². The third-order valence-electron chi connectivity index (χ3n) is 3.28. The molecule has 12 nitrogen and oxygen atoms in total. The van der Waals surface area contributed by atoms with Gasteiger partial charge in [0.25, 0.3) is 0 Å².